The van der Waals surface area contributed by atoms with Gasteiger partial charge in [-0.15, -0.1) is 0 Å². The number of hydrogen-bond acceptors (Lipinski definition) is 4. The smallest absolute Gasteiger partial charge is 0.255 e. The fraction of sp³-hybridized carbons (Fsp3) is 0.500. The molecule has 1 fully saturated rings. The molecule has 24 heavy (non-hydrogen) atoms. The lowest BCUT2D eigenvalue weighted by molar-refractivity contribution is 0.0582. The molecule has 6 heteroatoms. The number of pyridine rings is 1. The van der Waals surface area contributed by atoms with Crippen LogP contribution in [0.3, 0.4) is 0 Å². The van der Waals surface area contributed by atoms with Crippen molar-refractivity contribution in [3.8, 4) is 5.88 Å². The van der Waals surface area contributed by atoms with Crippen LogP contribution in [0.4, 0.5) is 0 Å². The van der Waals surface area contributed by atoms with Crippen LogP contribution >= 0.6 is 0 Å². The molecule has 0 bridgehead atoms. The Morgan fingerprint density at radius 2 is 2.17 bits per heavy atom. The van der Waals surface area contributed by atoms with E-state index < -0.39 is 0 Å². The number of aromatic nitrogens is 3. The van der Waals surface area contributed by atoms with Crippen LogP contribution in [0.25, 0.3) is 0 Å². The molecule has 1 atom stereocenters. The van der Waals surface area contributed by atoms with Crippen LogP contribution in [0.15, 0.2) is 24.4 Å². The van der Waals surface area contributed by atoms with E-state index in [1.165, 1.54) is 0 Å². The maximum absolute atomic E-state index is 12.9. The molecule has 0 unspecified atom stereocenters. The van der Waals surface area contributed by atoms with Crippen molar-refractivity contribution in [1.29, 1.82) is 0 Å². The van der Waals surface area contributed by atoms with Crippen molar-refractivity contribution in [3.05, 3.63) is 41.3 Å². The summed E-state index contributed by atoms with van der Waals surface area (Å²) in [5.41, 5.74) is 2.76. The molecule has 1 amide bonds. The van der Waals surface area contributed by atoms with Crippen molar-refractivity contribution < 1.29 is 9.53 Å². The lowest BCUT2D eigenvalue weighted by atomic mass is 10.0. The molecule has 0 radical (unpaired) electrons. The molecule has 0 saturated carbocycles. The molecule has 3 heterocycles. The van der Waals surface area contributed by atoms with Crippen LogP contribution in [0.2, 0.25) is 0 Å². The Labute approximate surface area is 142 Å². The van der Waals surface area contributed by atoms with Gasteiger partial charge in [-0.3, -0.25) is 9.48 Å². The summed E-state index contributed by atoms with van der Waals surface area (Å²) in [5, 5.41) is 4.54. The molecule has 1 aliphatic heterocycles. The first-order valence-electron chi connectivity index (χ1n) is 8.40. The molecule has 0 N–H and O–H groups in total. The number of likely N-dealkylation sites (tertiary alicyclic amines) is 1. The van der Waals surface area contributed by atoms with Gasteiger partial charge in [0, 0.05) is 24.5 Å². The van der Waals surface area contributed by atoms with E-state index in [1.807, 2.05) is 16.5 Å². The van der Waals surface area contributed by atoms with Crippen LogP contribution in [-0.2, 0) is 6.54 Å². The number of nitrogens with zero attached hydrogens (tertiary/aromatic N) is 4. The number of methoxy groups -OCH3 is 1. The predicted octanol–water partition coefficient (Wildman–Crippen LogP) is 2.60. The average molecular weight is 328 g/mol. The van der Waals surface area contributed by atoms with Crippen LogP contribution in [-0.4, -0.2) is 45.3 Å². The minimum absolute atomic E-state index is 0.0383. The lowest BCUT2D eigenvalue weighted by Crippen LogP contribution is -2.46. The highest BCUT2D eigenvalue weighted by atomic mass is 16.5. The van der Waals surface area contributed by atoms with Gasteiger partial charge in [-0.2, -0.15) is 5.10 Å². The van der Waals surface area contributed by atoms with Gasteiger partial charge < -0.3 is 9.64 Å². The Balaban J connectivity index is 1.78. The number of aryl methyl sites for hydroxylation is 2. The highest BCUT2D eigenvalue weighted by molar-refractivity contribution is 5.94. The summed E-state index contributed by atoms with van der Waals surface area (Å²) in [6.07, 6.45) is 4.79. The van der Waals surface area contributed by atoms with Crippen LogP contribution in [0.1, 0.15) is 41.0 Å². The quantitative estimate of drug-likeness (QED) is 0.865. The fourth-order valence-electron chi connectivity index (χ4n) is 3.31. The zero-order valence-electron chi connectivity index (χ0n) is 14.5. The van der Waals surface area contributed by atoms with E-state index in [-0.39, 0.29) is 11.9 Å². The van der Waals surface area contributed by atoms with E-state index in [9.17, 15) is 4.79 Å². The third-order valence-electron chi connectivity index (χ3n) is 4.57. The van der Waals surface area contributed by atoms with Gasteiger partial charge >= 0.3 is 0 Å². The number of hydrogen-bond donors (Lipinski definition) is 0. The van der Waals surface area contributed by atoms with Crippen molar-refractivity contribution >= 4 is 5.91 Å². The summed E-state index contributed by atoms with van der Waals surface area (Å²) in [6, 6.07) is 5.75. The van der Waals surface area contributed by atoms with E-state index in [0.29, 0.717) is 11.4 Å². The molecule has 3 rings (SSSR count). The molecule has 1 saturated heterocycles. The average Bonchev–Trinajstić information content (AvgIpc) is 2.92. The number of carbonyl (C=O) groups is 1. The van der Waals surface area contributed by atoms with E-state index >= 15 is 0 Å². The maximum Gasteiger partial charge on any atom is 0.255 e. The largest absolute Gasteiger partial charge is 0.481 e. The summed E-state index contributed by atoms with van der Waals surface area (Å²) in [5.74, 6) is 0.556. The number of ether oxygens (including phenoxy) is 1. The predicted molar refractivity (Wildman–Crippen MR) is 91.2 cm³/mol. The van der Waals surface area contributed by atoms with Gasteiger partial charge in [0.2, 0.25) is 5.88 Å². The second-order valence-electron chi connectivity index (χ2n) is 6.35. The molecule has 0 spiro atoms. The molecular formula is C18H24N4O2. The Hall–Kier alpha value is -2.37. The van der Waals surface area contributed by atoms with Crippen molar-refractivity contribution in [2.24, 2.45) is 0 Å². The third kappa shape index (κ3) is 3.42. The van der Waals surface area contributed by atoms with Crippen LogP contribution < -0.4 is 4.74 Å². The van der Waals surface area contributed by atoms with E-state index in [2.05, 4.69) is 23.1 Å². The van der Waals surface area contributed by atoms with Gasteiger partial charge in [0.25, 0.3) is 5.91 Å². The highest BCUT2D eigenvalue weighted by Gasteiger charge is 2.28. The summed E-state index contributed by atoms with van der Waals surface area (Å²) < 4.78 is 7.07. The zero-order chi connectivity index (χ0) is 17.1. The summed E-state index contributed by atoms with van der Waals surface area (Å²) in [4.78, 5) is 19.0. The first-order chi connectivity index (χ1) is 11.6. The van der Waals surface area contributed by atoms with Crippen LogP contribution in [0, 0.1) is 13.8 Å². The topological polar surface area (TPSA) is 60.2 Å². The number of piperidine rings is 1. The van der Waals surface area contributed by atoms with Gasteiger partial charge in [0.05, 0.1) is 31.0 Å². The van der Waals surface area contributed by atoms with Gasteiger partial charge in [-0.1, -0.05) is 0 Å². The zero-order valence-corrected chi connectivity index (χ0v) is 14.5. The van der Waals surface area contributed by atoms with E-state index in [4.69, 9.17) is 4.74 Å². The normalized spacial score (nSPS) is 17.8. The van der Waals surface area contributed by atoms with Crippen molar-refractivity contribution in [1.82, 2.24) is 19.7 Å². The van der Waals surface area contributed by atoms with Crippen LogP contribution in [0.5, 0.6) is 5.88 Å². The summed E-state index contributed by atoms with van der Waals surface area (Å²) in [7, 11) is 1.57. The Morgan fingerprint density at radius 3 is 2.79 bits per heavy atom. The number of carbonyl (C=O) groups excluding carboxylic acids is 1. The molecule has 6 nitrogen and oxygen atoms in total. The second-order valence-corrected chi connectivity index (χ2v) is 6.35. The maximum atomic E-state index is 12.9. The first-order valence-corrected chi connectivity index (χ1v) is 8.40. The van der Waals surface area contributed by atoms with Gasteiger partial charge in [-0.05, 0) is 45.2 Å². The second kappa shape index (κ2) is 7.03. The van der Waals surface area contributed by atoms with Gasteiger partial charge in [0.15, 0.2) is 0 Å². The number of amides is 1. The number of rotatable bonds is 4. The van der Waals surface area contributed by atoms with Gasteiger partial charge in [-0.25, -0.2) is 4.98 Å². The molecule has 0 aromatic carbocycles. The minimum atomic E-state index is 0.0383. The van der Waals surface area contributed by atoms with Crippen molar-refractivity contribution in [2.45, 2.75) is 45.7 Å². The highest BCUT2D eigenvalue weighted by Crippen LogP contribution is 2.22. The molecule has 0 aliphatic carbocycles. The third-order valence-corrected chi connectivity index (χ3v) is 4.57. The Bertz CT molecular complexity index is 708. The SMILES string of the molecule is COc1ccc(C(=O)N2CCCC[C@@H]2Cn2nc(C)cc2C)cn1. The lowest BCUT2D eigenvalue weighted by Gasteiger charge is -2.36. The van der Waals surface area contributed by atoms with Crippen molar-refractivity contribution in [3.63, 3.8) is 0 Å². The standard InChI is InChI=1S/C18H24N4O2/c1-13-10-14(2)22(20-13)12-16-6-4-5-9-21(16)18(23)15-7-8-17(24-3)19-11-15/h7-8,10-11,16H,4-6,9,12H2,1-3H3/t16-/m1/s1. The molecule has 1 aliphatic rings. The molecule has 128 valence electrons. The molecular weight excluding hydrogens is 304 g/mol. The molecule has 2 aromatic heterocycles. The van der Waals surface area contributed by atoms with Crippen molar-refractivity contribution in [2.75, 3.05) is 13.7 Å². The Kier molecular flexibility index (Phi) is 4.83. The monoisotopic (exact) mass is 328 g/mol. The van der Waals surface area contributed by atoms with Gasteiger partial charge in [0.1, 0.15) is 0 Å². The van der Waals surface area contributed by atoms with E-state index in [1.54, 1.807) is 25.4 Å². The fourth-order valence-corrected chi connectivity index (χ4v) is 3.31. The first kappa shape index (κ1) is 16.5. The molecule has 2 aromatic rings. The summed E-state index contributed by atoms with van der Waals surface area (Å²) in [6.45, 7) is 5.59. The Morgan fingerprint density at radius 1 is 1.33 bits per heavy atom. The summed E-state index contributed by atoms with van der Waals surface area (Å²) >= 11 is 0. The van der Waals surface area contributed by atoms with E-state index in [0.717, 1.165) is 43.7 Å². The minimum Gasteiger partial charge on any atom is -0.481 e.